The average Bonchev–Trinajstić information content (AvgIpc) is 3.38. The Balaban J connectivity index is 1.33. The fourth-order valence-corrected chi connectivity index (χ4v) is 4.73. The summed E-state index contributed by atoms with van der Waals surface area (Å²) >= 11 is 14.0. The molecule has 200 valence electrons. The van der Waals surface area contributed by atoms with E-state index in [1.165, 1.54) is 23.1 Å². The van der Waals surface area contributed by atoms with E-state index >= 15 is 0 Å². The van der Waals surface area contributed by atoms with Crippen LogP contribution >= 0.6 is 34.5 Å². The molecule has 0 spiro atoms. The van der Waals surface area contributed by atoms with Crippen LogP contribution in [0.25, 0.3) is 11.3 Å². The van der Waals surface area contributed by atoms with Crippen LogP contribution < -0.4 is 15.5 Å². The summed E-state index contributed by atoms with van der Waals surface area (Å²) in [4.78, 5) is 28.7. The number of hydrogen-bond donors (Lipinski definition) is 2. The number of halogens is 2. The Bertz CT molecular complexity index is 1470. The molecule has 1 heterocycles. The Morgan fingerprint density at radius 3 is 2.41 bits per heavy atom. The van der Waals surface area contributed by atoms with Crippen LogP contribution in [0.2, 0.25) is 10.0 Å². The number of rotatable bonds is 10. The molecule has 0 unspecified atom stereocenters. The Kier molecular flexibility index (Phi) is 9.54. The molecule has 1 aromatic heterocycles. The van der Waals surface area contributed by atoms with Crippen molar-refractivity contribution in [2.45, 2.75) is 13.8 Å². The van der Waals surface area contributed by atoms with Gasteiger partial charge in [0.2, 0.25) is 0 Å². The van der Waals surface area contributed by atoms with Crippen LogP contribution in [0.1, 0.15) is 28.4 Å². The first-order chi connectivity index (χ1) is 18.8. The summed E-state index contributed by atoms with van der Waals surface area (Å²) in [5, 5.41) is 10.4. The van der Waals surface area contributed by atoms with E-state index in [9.17, 15) is 9.59 Å². The number of aryl methyl sites for hydroxylation is 1. The third-order valence-electron chi connectivity index (χ3n) is 5.29. The molecule has 1 amide bonds. The van der Waals surface area contributed by atoms with Crippen molar-refractivity contribution in [1.82, 2.24) is 10.4 Å². The molecular formula is C28H24Cl2N4O4S. The molecule has 4 aromatic rings. The van der Waals surface area contributed by atoms with Crippen LogP contribution in [0.4, 0.5) is 10.8 Å². The molecule has 0 radical (unpaired) electrons. The number of thiazole rings is 1. The highest BCUT2D eigenvalue weighted by molar-refractivity contribution is 7.14. The molecule has 2 N–H and O–H groups in total. The van der Waals surface area contributed by atoms with E-state index in [0.29, 0.717) is 11.1 Å². The molecule has 0 aliphatic rings. The second-order valence-corrected chi connectivity index (χ2v) is 9.89. The third-order valence-corrected chi connectivity index (χ3v) is 6.61. The van der Waals surface area contributed by atoms with Gasteiger partial charge in [-0.15, -0.1) is 11.3 Å². The van der Waals surface area contributed by atoms with Gasteiger partial charge in [0, 0.05) is 22.2 Å². The maximum absolute atomic E-state index is 12.5. The lowest BCUT2D eigenvalue weighted by Crippen LogP contribution is -2.17. The number of nitrogens with zero attached hydrogens (tertiary/aromatic N) is 2. The first kappa shape index (κ1) is 28.1. The SMILES string of the molecule is CCOC(=O)COc1c(Cl)cc(/C=N\NC(=O)c2ccc(-c3csc(Nc4ccc(C)cc4)n3)cc2)cc1Cl. The predicted molar refractivity (Wildman–Crippen MR) is 156 cm³/mol. The van der Waals surface area contributed by atoms with Gasteiger partial charge < -0.3 is 14.8 Å². The molecule has 0 bridgehead atoms. The van der Waals surface area contributed by atoms with Crippen molar-refractivity contribution < 1.29 is 19.1 Å². The van der Waals surface area contributed by atoms with Gasteiger partial charge in [0.15, 0.2) is 17.5 Å². The normalized spacial score (nSPS) is 10.9. The number of hydrogen-bond acceptors (Lipinski definition) is 8. The Labute approximate surface area is 239 Å². The van der Waals surface area contributed by atoms with Crippen molar-refractivity contribution in [3.8, 4) is 17.0 Å². The average molecular weight is 583 g/mol. The second kappa shape index (κ2) is 13.2. The summed E-state index contributed by atoms with van der Waals surface area (Å²) in [5.74, 6) is -0.757. The van der Waals surface area contributed by atoms with Crippen molar-refractivity contribution in [1.29, 1.82) is 0 Å². The Morgan fingerprint density at radius 1 is 1.05 bits per heavy atom. The van der Waals surface area contributed by atoms with Crippen LogP contribution in [0.15, 0.2) is 71.1 Å². The van der Waals surface area contributed by atoms with Gasteiger partial charge in [-0.2, -0.15) is 5.10 Å². The molecule has 8 nitrogen and oxygen atoms in total. The lowest BCUT2D eigenvalue weighted by atomic mass is 10.1. The molecule has 39 heavy (non-hydrogen) atoms. The zero-order valence-electron chi connectivity index (χ0n) is 21.0. The Morgan fingerprint density at radius 2 is 1.74 bits per heavy atom. The number of carbonyl (C=O) groups excluding carboxylic acids is 2. The standard InChI is InChI=1S/C28H24Cl2N4O4S/c1-3-37-25(35)15-38-26-22(29)12-18(13-23(26)30)14-31-34-27(36)20-8-6-19(7-9-20)24-16-39-28(33-24)32-21-10-4-17(2)5-11-21/h4-14,16H,3,15H2,1-2H3,(H,32,33)(H,34,36)/b31-14-. The maximum atomic E-state index is 12.5. The van der Waals surface area contributed by atoms with E-state index in [1.54, 1.807) is 31.2 Å². The van der Waals surface area contributed by atoms with Gasteiger partial charge in [-0.3, -0.25) is 4.79 Å². The quantitative estimate of drug-likeness (QED) is 0.120. The van der Waals surface area contributed by atoms with Crippen LogP contribution in [0.5, 0.6) is 5.75 Å². The van der Waals surface area contributed by atoms with E-state index in [2.05, 4.69) is 20.8 Å². The van der Waals surface area contributed by atoms with Crippen molar-refractivity contribution in [2.24, 2.45) is 5.10 Å². The second-order valence-electron chi connectivity index (χ2n) is 8.21. The highest BCUT2D eigenvalue weighted by Crippen LogP contribution is 2.34. The smallest absolute Gasteiger partial charge is 0.344 e. The van der Waals surface area contributed by atoms with Gasteiger partial charge in [-0.1, -0.05) is 53.0 Å². The zero-order valence-corrected chi connectivity index (χ0v) is 23.4. The number of anilines is 2. The summed E-state index contributed by atoms with van der Waals surface area (Å²) in [7, 11) is 0. The topological polar surface area (TPSA) is 102 Å². The minimum atomic E-state index is -0.530. The van der Waals surface area contributed by atoms with E-state index in [0.717, 1.165) is 22.1 Å². The number of aromatic nitrogens is 1. The van der Waals surface area contributed by atoms with Crippen LogP contribution in [0.3, 0.4) is 0 Å². The third kappa shape index (κ3) is 7.79. The van der Waals surface area contributed by atoms with Gasteiger partial charge in [0.1, 0.15) is 0 Å². The van der Waals surface area contributed by atoms with Gasteiger partial charge in [0.25, 0.3) is 5.91 Å². The van der Waals surface area contributed by atoms with Crippen LogP contribution in [0, 0.1) is 6.92 Å². The van der Waals surface area contributed by atoms with Crippen molar-refractivity contribution in [3.63, 3.8) is 0 Å². The number of amides is 1. The molecule has 0 aliphatic carbocycles. The monoisotopic (exact) mass is 582 g/mol. The first-order valence-corrected chi connectivity index (χ1v) is 13.5. The molecule has 4 rings (SSSR count). The fraction of sp³-hybridized carbons (Fsp3) is 0.143. The maximum Gasteiger partial charge on any atom is 0.344 e. The molecular weight excluding hydrogens is 559 g/mol. The van der Waals surface area contributed by atoms with Gasteiger partial charge in [0.05, 0.1) is 28.6 Å². The summed E-state index contributed by atoms with van der Waals surface area (Å²) < 4.78 is 10.2. The molecule has 11 heteroatoms. The summed E-state index contributed by atoms with van der Waals surface area (Å²) in [5.41, 5.74) is 7.30. The number of nitrogens with one attached hydrogen (secondary N) is 2. The summed E-state index contributed by atoms with van der Waals surface area (Å²) in [6.45, 7) is 3.67. The van der Waals surface area contributed by atoms with Crippen molar-refractivity contribution in [2.75, 3.05) is 18.5 Å². The highest BCUT2D eigenvalue weighted by Gasteiger charge is 2.12. The largest absolute Gasteiger partial charge is 0.479 e. The molecule has 0 atom stereocenters. The minimum absolute atomic E-state index is 0.158. The van der Waals surface area contributed by atoms with Gasteiger partial charge in [-0.05, 0) is 55.8 Å². The molecule has 3 aromatic carbocycles. The van der Waals surface area contributed by atoms with Gasteiger partial charge in [-0.25, -0.2) is 15.2 Å². The Hall–Kier alpha value is -3.92. The van der Waals surface area contributed by atoms with E-state index < -0.39 is 5.97 Å². The zero-order chi connectivity index (χ0) is 27.8. The lowest BCUT2D eigenvalue weighted by molar-refractivity contribution is -0.145. The molecule has 0 saturated carbocycles. The van der Waals surface area contributed by atoms with Gasteiger partial charge >= 0.3 is 5.97 Å². The predicted octanol–water partition coefficient (Wildman–Crippen LogP) is 6.87. The molecule has 0 aliphatic heterocycles. The van der Waals surface area contributed by atoms with E-state index in [4.69, 9.17) is 32.7 Å². The number of ether oxygens (including phenoxy) is 2. The number of benzene rings is 3. The summed E-state index contributed by atoms with van der Waals surface area (Å²) in [6, 6.07) is 18.3. The van der Waals surface area contributed by atoms with Crippen LogP contribution in [-0.4, -0.2) is 36.3 Å². The van der Waals surface area contributed by atoms with Crippen molar-refractivity contribution >= 4 is 63.4 Å². The fourth-order valence-electron chi connectivity index (χ4n) is 3.37. The number of esters is 1. The lowest BCUT2D eigenvalue weighted by Gasteiger charge is -2.10. The number of carbonyl (C=O) groups is 2. The number of hydrazone groups is 1. The van der Waals surface area contributed by atoms with Crippen LogP contribution in [-0.2, 0) is 9.53 Å². The minimum Gasteiger partial charge on any atom is -0.479 e. The molecule has 0 fully saturated rings. The molecule has 0 saturated heterocycles. The highest BCUT2D eigenvalue weighted by atomic mass is 35.5. The van der Waals surface area contributed by atoms with Crippen molar-refractivity contribution in [3.05, 3.63) is 92.8 Å². The summed E-state index contributed by atoms with van der Waals surface area (Å²) in [6.07, 6.45) is 1.40. The van der Waals surface area contributed by atoms with E-state index in [-0.39, 0.29) is 34.9 Å². The first-order valence-electron chi connectivity index (χ1n) is 11.8. The van der Waals surface area contributed by atoms with E-state index in [1.807, 2.05) is 48.7 Å².